The third kappa shape index (κ3) is 4.91. The molecule has 0 fully saturated rings. The second-order valence-electron chi connectivity index (χ2n) is 5.22. The number of hydrogen-bond acceptors (Lipinski definition) is 4. The summed E-state index contributed by atoms with van der Waals surface area (Å²) >= 11 is 0. The molecule has 0 saturated heterocycles. The van der Waals surface area contributed by atoms with Crippen molar-refractivity contribution in [2.45, 2.75) is 39.3 Å². The van der Waals surface area contributed by atoms with Gasteiger partial charge in [0.05, 0.1) is 6.04 Å². The van der Waals surface area contributed by atoms with Crippen molar-refractivity contribution in [3.05, 3.63) is 36.3 Å². The smallest absolute Gasteiger partial charge is 0.191 e. The number of aromatic nitrogens is 3. The quantitative estimate of drug-likeness (QED) is 0.464. The van der Waals surface area contributed by atoms with Crippen LogP contribution in [-0.2, 0) is 6.54 Å². The molecular weight excluding hydrogens is 280 g/mol. The summed E-state index contributed by atoms with van der Waals surface area (Å²) in [7, 11) is 1.77. The molecule has 120 valence electrons. The number of nitrogens with zero attached hydrogens (tertiary/aromatic N) is 4. The second-order valence-corrected chi connectivity index (χ2v) is 5.22. The van der Waals surface area contributed by atoms with Gasteiger partial charge < -0.3 is 19.6 Å². The van der Waals surface area contributed by atoms with Gasteiger partial charge in [-0.25, -0.2) is 0 Å². The van der Waals surface area contributed by atoms with Gasteiger partial charge in [0.25, 0.3) is 0 Å². The lowest BCUT2D eigenvalue weighted by Crippen LogP contribution is -2.39. The highest BCUT2D eigenvalue weighted by Gasteiger charge is 2.10. The summed E-state index contributed by atoms with van der Waals surface area (Å²) in [6.07, 6.45) is 5.59. The summed E-state index contributed by atoms with van der Waals surface area (Å²) in [5, 5.41) is 14.2. The Kier molecular flexibility index (Phi) is 6.00. The highest BCUT2D eigenvalue weighted by molar-refractivity contribution is 5.79. The van der Waals surface area contributed by atoms with E-state index in [1.54, 1.807) is 19.7 Å². The Morgan fingerprint density at radius 2 is 2.09 bits per heavy atom. The summed E-state index contributed by atoms with van der Waals surface area (Å²) < 4.78 is 7.60. The fourth-order valence-corrected chi connectivity index (χ4v) is 2.12. The van der Waals surface area contributed by atoms with Gasteiger partial charge in [-0.2, -0.15) is 0 Å². The highest BCUT2D eigenvalue weighted by Crippen LogP contribution is 2.15. The lowest BCUT2D eigenvalue weighted by Gasteiger charge is -2.16. The molecule has 0 aliphatic rings. The number of aryl methyl sites for hydroxylation is 2. The van der Waals surface area contributed by atoms with Crippen LogP contribution in [0.4, 0.5) is 0 Å². The molecule has 1 unspecified atom stereocenters. The standard InChI is InChI=1S/C15H24N6O/c1-12-6-7-14(22-12)13(2)20-15(16-3)17-8-4-5-9-21-10-18-19-11-21/h6-7,10-11,13H,4-5,8-9H2,1-3H3,(H2,16,17,20). The van der Waals surface area contributed by atoms with Gasteiger partial charge in [-0.3, -0.25) is 4.99 Å². The average molecular weight is 304 g/mol. The van der Waals surface area contributed by atoms with E-state index in [0.29, 0.717) is 0 Å². The van der Waals surface area contributed by atoms with E-state index in [1.807, 2.05) is 23.6 Å². The van der Waals surface area contributed by atoms with Crippen LogP contribution in [0.5, 0.6) is 0 Å². The maximum atomic E-state index is 5.62. The van der Waals surface area contributed by atoms with Crippen LogP contribution < -0.4 is 10.6 Å². The van der Waals surface area contributed by atoms with Crippen molar-refractivity contribution in [3.8, 4) is 0 Å². The zero-order valence-corrected chi connectivity index (χ0v) is 13.4. The number of rotatable bonds is 7. The molecule has 22 heavy (non-hydrogen) atoms. The van der Waals surface area contributed by atoms with E-state index in [2.05, 4.69) is 32.7 Å². The minimum Gasteiger partial charge on any atom is -0.464 e. The number of guanidine groups is 1. The first-order valence-electron chi connectivity index (χ1n) is 7.55. The van der Waals surface area contributed by atoms with E-state index in [0.717, 1.165) is 43.4 Å². The summed E-state index contributed by atoms with van der Waals surface area (Å²) in [4.78, 5) is 4.24. The fraction of sp³-hybridized carbons (Fsp3) is 0.533. The molecule has 2 aromatic rings. The van der Waals surface area contributed by atoms with Crippen LogP contribution in [0.1, 0.15) is 37.3 Å². The van der Waals surface area contributed by atoms with Crippen molar-refractivity contribution in [1.82, 2.24) is 25.4 Å². The Hall–Kier alpha value is -2.31. The maximum absolute atomic E-state index is 5.62. The summed E-state index contributed by atoms with van der Waals surface area (Å²) in [6.45, 7) is 5.80. The molecule has 0 aliphatic carbocycles. The van der Waals surface area contributed by atoms with Gasteiger partial charge in [0.2, 0.25) is 0 Å². The van der Waals surface area contributed by atoms with Gasteiger partial charge in [0, 0.05) is 20.1 Å². The first-order valence-corrected chi connectivity index (χ1v) is 7.55. The predicted molar refractivity (Wildman–Crippen MR) is 85.6 cm³/mol. The van der Waals surface area contributed by atoms with Crippen molar-refractivity contribution in [2.24, 2.45) is 4.99 Å². The lowest BCUT2D eigenvalue weighted by atomic mass is 10.2. The second kappa shape index (κ2) is 8.21. The Bertz CT molecular complexity index is 575. The first-order chi connectivity index (χ1) is 10.7. The molecule has 0 bridgehead atoms. The molecule has 7 heteroatoms. The van der Waals surface area contributed by atoms with Crippen molar-refractivity contribution in [2.75, 3.05) is 13.6 Å². The van der Waals surface area contributed by atoms with Crippen molar-refractivity contribution in [3.63, 3.8) is 0 Å². The topological polar surface area (TPSA) is 80.3 Å². The van der Waals surface area contributed by atoms with Crippen molar-refractivity contribution in [1.29, 1.82) is 0 Å². The van der Waals surface area contributed by atoms with E-state index in [9.17, 15) is 0 Å². The summed E-state index contributed by atoms with van der Waals surface area (Å²) in [5.41, 5.74) is 0. The Balaban J connectivity index is 1.66. The molecule has 7 nitrogen and oxygen atoms in total. The van der Waals surface area contributed by atoms with Crippen LogP contribution in [0, 0.1) is 6.92 Å². The maximum Gasteiger partial charge on any atom is 0.191 e. The summed E-state index contributed by atoms with van der Waals surface area (Å²) in [5.74, 6) is 2.61. The van der Waals surface area contributed by atoms with E-state index in [1.165, 1.54) is 0 Å². The number of unbranched alkanes of at least 4 members (excludes halogenated alkanes) is 1. The van der Waals surface area contributed by atoms with Crippen molar-refractivity contribution >= 4 is 5.96 Å². The van der Waals surface area contributed by atoms with E-state index in [4.69, 9.17) is 4.42 Å². The molecule has 1 atom stereocenters. The molecule has 2 N–H and O–H groups in total. The number of nitrogens with one attached hydrogen (secondary N) is 2. The lowest BCUT2D eigenvalue weighted by molar-refractivity contribution is 0.441. The van der Waals surface area contributed by atoms with E-state index >= 15 is 0 Å². The molecule has 2 heterocycles. The van der Waals surface area contributed by atoms with Crippen LogP contribution in [0.2, 0.25) is 0 Å². The average Bonchev–Trinajstić information content (AvgIpc) is 3.17. The minimum absolute atomic E-state index is 0.0805. The molecule has 0 aliphatic heterocycles. The fourth-order valence-electron chi connectivity index (χ4n) is 2.12. The number of aliphatic imine (C=N–C) groups is 1. The molecule has 0 radical (unpaired) electrons. The first kappa shape index (κ1) is 16.1. The third-order valence-electron chi connectivity index (χ3n) is 3.37. The van der Waals surface area contributed by atoms with E-state index < -0.39 is 0 Å². The van der Waals surface area contributed by atoms with Gasteiger partial charge in [-0.1, -0.05) is 0 Å². The van der Waals surface area contributed by atoms with Gasteiger partial charge in [-0.05, 0) is 38.8 Å². The SMILES string of the molecule is CN=C(NCCCCn1cnnc1)NC(C)c1ccc(C)o1. The van der Waals surface area contributed by atoms with Gasteiger partial charge in [-0.15, -0.1) is 10.2 Å². The monoisotopic (exact) mass is 304 g/mol. The zero-order chi connectivity index (χ0) is 15.8. The Morgan fingerprint density at radius 3 is 2.73 bits per heavy atom. The highest BCUT2D eigenvalue weighted by atomic mass is 16.3. The third-order valence-corrected chi connectivity index (χ3v) is 3.37. The molecule has 0 saturated carbocycles. The molecule has 2 aromatic heterocycles. The van der Waals surface area contributed by atoms with Gasteiger partial charge >= 0.3 is 0 Å². The molecule has 0 aromatic carbocycles. The molecule has 0 amide bonds. The number of hydrogen-bond donors (Lipinski definition) is 2. The Labute approximate surface area is 130 Å². The Morgan fingerprint density at radius 1 is 1.32 bits per heavy atom. The molecule has 2 rings (SSSR count). The zero-order valence-electron chi connectivity index (χ0n) is 13.4. The predicted octanol–water partition coefficient (Wildman–Crippen LogP) is 1.89. The van der Waals surface area contributed by atoms with Crippen LogP contribution in [0.25, 0.3) is 0 Å². The number of furan rings is 1. The van der Waals surface area contributed by atoms with E-state index in [-0.39, 0.29) is 6.04 Å². The largest absolute Gasteiger partial charge is 0.464 e. The normalized spacial score (nSPS) is 13.1. The van der Waals surface area contributed by atoms with Gasteiger partial charge in [0.1, 0.15) is 24.2 Å². The van der Waals surface area contributed by atoms with Gasteiger partial charge in [0.15, 0.2) is 5.96 Å². The summed E-state index contributed by atoms with van der Waals surface area (Å²) in [6, 6.07) is 4.03. The minimum atomic E-state index is 0.0805. The van der Waals surface area contributed by atoms with Crippen molar-refractivity contribution < 1.29 is 4.42 Å². The van der Waals surface area contributed by atoms with Crippen LogP contribution in [0.3, 0.4) is 0 Å². The molecule has 0 spiro atoms. The van der Waals surface area contributed by atoms with Crippen LogP contribution in [-0.4, -0.2) is 34.3 Å². The van der Waals surface area contributed by atoms with Crippen LogP contribution in [0.15, 0.2) is 34.2 Å². The molecular formula is C15H24N6O. The van der Waals surface area contributed by atoms with Crippen LogP contribution >= 0.6 is 0 Å².